The van der Waals surface area contributed by atoms with E-state index in [4.69, 9.17) is 17.3 Å². The van der Waals surface area contributed by atoms with Crippen molar-refractivity contribution in [3.63, 3.8) is 0 Å². The second-order valence-electron chi connectivity index (χ2n) is 1.89. The Kier molecular flexibility index (Phi) is 1.37. The number of nitrogens with two attached hydrogens (primary N) is 1. The van der Waals surface area contributed by atoms with Crippen LogP contribution in [0.2, 0.25) is 5.15 Å². The van der Waals surface area contributed by atoms with E-state index in [2.05, 4.69) is 4.98 Å². The third kappa shape index (κ3) is 0.876. The highest BCUT2D eigenvalue weighted by Crippen LogP contribution is 2.16. The maximum atomic E-state index is 5.67. The van der Waals surface area contributed by atoms with Gasteiger partial charge in [0, 0.05) is 7.05 Å². The highest BCUT2D eigenvalue weighted by molar-refractivity contribution is 6.31. The predicted molar refractivity (Wildman–Crippen MR) is 37.4 cm³/mol. The van der Waals surface area contributed by atoms with E-state index < -0.39 is 0 Å². The minimum absolute atomic E-state index is 0.400. The van der Waals surface area contributed by atoms with Crippen LogP contribution in [-0.2, 0) is 7.05 Å². The lowest BCUT2D eigenvalue weighted by Crippen LogP contribution is -1.90. The van der Waals surface area contributed by atoms with Crippen molar-refractivity contribution in [1.29, 1.82) is 0 Å². The van der Waals surface area contributed by atoms with Crippen molar-refractivity contribution in [1.82, 2.24) is 9.55 Å². The second-order valence-corrected chi connectivity index (χ2v) is 2.25. The highest BCUT2D eigenvalue weighted by Gasteiger charge is 2.03. The average molecular weight is 146 g/mol. The third-order valence-electron chi connectivity index (χ3n) is 1.27. The number of aryl methyl sites for hydroxylation is 1. The summed E-state index contributed by atoms with van der Waals surface area (Å²) in [6.45, 7) is 1.85. The van der Waals surface area contributed by atoms with Crippen molar-refractivity contribution < 1.29 is 0 Å². The van der Waals surface area contributed by atoms with Crippen LogP contribution in [0.3, 0.4) is 0 Å². The summed E-state index contributed by atoms with van der Waals surface area (Å²) >= 11 is 5.67. The molecule has 0 bridgehead atoms. The Balaban J connectivity index is 3.29. The predicted octanol–water partition coefficient (Wildman–Crippen LogP) is 0.964. The van der Waals surface area contributed by atoms with Crippen LogP contribution >= 0.6 is 11.6 Å². The van der Waals surface area contributed by atoms with Gasteiger partial charge >= 0.3 is 0 Å². The lowest BCUT2D eigenvalue weighted by molar-refractivity contribution is 0.859. The Morgan fingerprint density at radius 3 is 2.33 bits per heavy atom. The van der Waals surface area contributed by atoms with Gasteiger partial charge in [-0.3, -0.25) is 0 Å². The van der Waals surface area contributed by atoms with E-state index in [1.54, 1.807) is 4.57 Å². The van der Waals surface area contributed by atoms with E-state index >= 15 is 0 Å². The molecule has 50 valence electrons. The first kappa shape index (κ1) is 6.42. The molecule has 1 rings (SSSR count). The van der Waals surface area contributed by atoms with Crippen LogP contribution in [0.4, 0.5) is 5.82 Å². The third-order valence-corrected chi connectivity index (χ3v) is 1.72. The van der Waals surface area contributed by atoms with Crippen molar-refractivity contribution in [2.24, 2.45) is 7.05 Å². The van der Waals surface area contributed by atoms with Crippen molar-refractivity contribution >= 4 is 17.4 Å². The van der Waals surface area contributed by atoms with Crippen molar-refractivity contribution in [3.05, 3.63) is 11.0 Å². The number of anilines is 1. The van der Waals surface area contributed by atoms with Gasteiger partial charge in [-0.1, -0.05) is 11.6 Å². The number of hydrogen-bond acceptors (Lipinski definition) is 2. The first-order valence-electron chi connectivity index (χ1n) is 2.57. The maximum absolute atomic E-state index is 5.67. The molecule has 0 aromatic carbocycles. The zero-order valence-corrected chi connectivity index (χ0v) is 6.11. The largest absolute Gasteiger partial charge is 0.381 e. The number of imidazole rings is 1. The van der Waals surface area contributed by atoms with Crippen molar-refractivity contribution in [2.45, 2.75) is 6.92 Å². The molecule has 3 nitrogen and oxygen atoms in total. The highest BCUT2D eigenvalue weighted by atomic mass is 35.5. The smallest absolute Gasteiger partial charge is 0.161 e. The zero-order chi connectivity index (χ0) is 7.02. The summed E-state index contributed by atoms with van der Waals surface area (Å²) in [5.74, 6) is 1.23. The zero-order valence-electron chi connectivity index (χ0n) is 5.35. The average Bonchev–Trinajstić information content (AvgIpc) is 1.98. The van der Waals surface area contributed by atoms with E-state index in [-0.39, 0.29) is 0 Å². The number of nitrogen functional groups attached to an aromatic ring is 1. The van der Waals surface area contributed by atoms with Gasteiger partial charge in [-0.15, -0.1) is 0 Å². The van der Waals surface area contributed by atoms with Gasteiger partial charge in [-0.25, -0.2) is 4.98 Å². The maximum Gasteiger partial charge on any atom is 0.161 e. The van der Waals surface area contributed by atoms with Crippen LogP contribution in [0.1, 0.15) is 5.82 Å². The minimum atomic E-state index is 0.400. The molecule has 2 N–H and O–H groups in total. The lowest BCUT2D eigenvalue weighted by Gasteiger charge is -1.92. The molecule has 4 heteroatoms. The molecule has 1 aromatic heterocycles. The summed E-state index contributed by atoms with van der Waals surface area (Å²) in [6, 6.07) is 0. The molecule has 9 heavy (non-hydrogen) atoms. The van der Waals surface area contributed by atoms with Crippen LogP contribution < -0.4 is 5.73 Å². The molecular weight excluding hydrogens is 138 g/mol. The standard InChI is InChI=1S/C5H8ClN3/c1-3-8-5(7)4(6)9(3)2/h7H2,1-2H3. The van der Waals surface area contributed by atoms with Crippen molar-refractivity contribution in [3.8, 4) is 0 Å². The number of aromatic nitrogens is 2. The summed E-state index contributed by atoms with van der Waals surface area (Å²) < 4.78 is 1.73. The number of nitrogens with zero attached hydrogens (tertiary/aromatic N) is 2. The van der Waals surface area contributed by atoms with Gasteiger partial charge in [0.2, 0.25) is 0 Å². The van der Waals surface area contributed by atoms with E-state index in [1.165, 1.54) is 0 Å². The van der Waals surface area contributed by atoms with Gasteiger partial charge in [0.15, 0.2) is 11.0 Å². The van der Waals surface area contributed by atoms with Crippen molar-refractivity contribution in [2.75, 3.05) is 5.73 Å². The fourth-order valence-electron chi connectivity index (χ4n) is 0.609. The van der Waals surface area contributed by atoms with Gasteiger partial charge in [0.05, 0.1) is 0 Å². The van der Waals surface area contributed by atoms with Crippen LogP contribution in [0, 0.1) is 6.92 Å². The van der Waals surface area contributed by atoms with Gasteiger partial charge in [0.1, 0.15) is 5.82 Å². The Morgan fingerprint density at radius 1 is 1.67 bits per heavy atom. The van der Waals surface area contributed by atoms with Gasteiger partial charge in [-0.05, 0) is 6.92 Å². The second kappa shape index (κ2) is 1.92. The first-order valence-corrected chi connectivity index (χ1v) is 2.95. The Labute approximate surface area is 58.4 Å². The van der Waals surface area contributed by atoms with Crippen LogP contribution in [0.5, 0.6) is 0 Å². The topological polar surface area (TPSA) is 43.8 Å². The Morgan fingerprint density at radius 2 is 2.22 bits per heavy atom. The van der Waals surface area contributed by atoms with E-state index in [0.717, 1.165) is 5.82 Å². The molecule has 0 aliphatic rings. The molecule has 0 fully saturated rings. The molecule has 0 aliphatic carbocycles. The summed E-state index contributed by atoms with van der Waals surface area (Å²) in [5.41, 5.74) is 5.38. The van der Waals surface area contributed by atoms with E-state index in [1.807, 2.05) is 14.0 Å². The molecule has 0 atom stereocenters. The molecule has 1 aromatic rings. The van der Waals surface area contributed by atoms with Crippen LogP contribution in [0.25, 0.3) is 0 Å². The number of rotatable bonds is 0. The summed E-state index contributed by atoms with van der Waals surface area (Å²) in [7, 11) is 1.82. The fraction of sp³-hybridized carbons (Fsp3) is 0.400. The number of halogens is 1. The fourth-order valence-corrected chi connectivity index (χ4v) is 0.774. The molecule has 0 amide bonds. The normalized spacial score (nSPS) is 10.1. The molecule has 0 saturated carbocycles. The van der Waals surface area contributed by atoms with Gasteiger partial charge in [0.25, 0.3) is 0 Å². The van der Waals surface area contributed by atoms with Crippen LogP contribution in [-0.4, -0.2) is 9.55 Å². The Hall–Kier alpha value is -0.700. The first-order chi connectivity index (χ1) is 4.13. The summed E-state index contributed by atoms with van der Waals surface area (Å²) in [5, 5.41) is 0.507. The number of hydrogen-bond donors (Lipinski definition) is 1. The molecule has 1 heterocycles. The van der Waals surface area contributed by atoms with Gasteiger partial charge < -0.3 is 10.3 Å². The molecule has 0 aliphatic heterocycles. The SMILES string of the molecule is Cc1nc(N)c(Cl)n1C. The monoisotopic (exact) mass is 145 g/mol. The van der Waals surface area contributed by atoms with E-state index in [0.29, 0.717) is 11.0 Å². The minimum Gasteiger partial charge on any atom is -0.381 e. The van der Waals surface area contributed by atoms with E-state index in [9.17, 15) is 0 Å². The summed E-state index contributed by atoms with van der Waals surface area (Å²) in [6.07, 6.45) is 0. The molecule has 0 spiro atoms. The molecule has 0 unspecified atom stereocenters. The Bertz CT molecular complexity index is 206. The quantitative estimate of drug-likeness (QED) is 0.591. The molecule has 0 saturated heterocycles. The van der Waals surface area contributed by atoms with Crippen LogP contribution in [0.15, 0.2) is 0 Å². The molecule has 0 radical (unpaired) electrons. The summed E-state index contributed by atoms with van der Waals surface area (Å²) in [4.78, 5) is 3.92. The molecular formula is C5H8ClN3. The van der Waals surface area contributed by atoms with Gasteiger partial charge in [-0.2, -0.15) is 0 Å². The lowest BCUT2D eigenvalue weighted by atomic mass is 10.7.